The van der Waals surface area contributed by atoms with Crippen LogP contribution in [-0.4, -0.2) is 59.9 Å². The van der Waals surface area contributed by atoms with Crippen LogP contribution in [-0.2, 0) is 16.1 Å². The van der Waals surface area contributed by atoms with Gasteiger partial charge in [0.1, 0.15) is 12.3 Å². The molecule has 0 bridgehead atoms. The molecule has 1 aliphatic rings. The first-order valence-electron chi connectivity index (χ1n) is 6.34. The number of hydrogen-bond acceptors (Lipinski definition) is 4. The molecule has 0 aliphatic carbocycles. The third-order valence-corrected chi connectivity index (χ3v) is 3.37. The minimum atomic E-state index is -1.06. The number of carboxylic acid groups (broad SMARTS) is 1. The SMILES string of the molecule is COc1ccc(C(=O)O)cc1CN1CC(=O)N(C)CC1=O. The predicted octanol–water partition coefficient (Wildman–Crippen LogP) is 0.194. The molecule has 1 aliphatic heterocycles. The lowest BCUT2D eigenvalue weighted by Crippen LogP contribution is -2.51. The van der Waals surface area contributed by atoms with Crippen LogP contribution in [0.5, 0.6) is 5.75 Å². The fourth-order valence-electron chi connectivity index (χ4n) is 2.15. The molecule has 1 aromatic rings. The van der Waals surface area contributed by atoms with Gasteiger partial charge < -0.3 is 19.6 Å². The number of piperazine rings is 1. The molecule has 2 amide bonds. The Kier molecular flexibility index (Phi) is 4.11. The van der Waals surface area contributed by atoms with Crippen molar-refractivity contribution in [1.82, 2.24) is 9.80 Å². The lowest BCUT2D eigenvalue weighted by Gasteiger charge is -2.32. The van der Waals surface area contributed by atoms with Crippen molar-refractivity contribution in [1.29, 1.82) is 0 Å². The number of rotatable bonds is 4. The molecule has 1 heterocycles. The van der Waals surface area contributed by atoms with Crippen LogP contribution in [0.2, 0.25) is 0 Å². The third-order valence-electron chi connectivity index (χ3n) is 3.37. The van der Waals surface area contributed by atoms with Gasteiger partial charge in [0.05, 0.1) is 19.2 Å². The van der Waals surface area contributed by atoms with Crippen LogP contribution in [0.4, 0.5) is 0 Å². The van der Waals surface area contributed by atoms with Crippen LogP contribution in [0.3, 0.4) is 0 Å². The molecule has 21 heavy (non-hydrogen) atoms. The summed E-state index contributed by atoms with van der Waals surface area (Å²) in [4.78, 5) is 37.4. The number of aromatic carboxylic acids is 1. The minimum Gasteiger partial charge on any atom is -0.496 e. The number of ether oxygens (including phenoxy) is 1. The van der Waals surface area contributed by atoms with Gasteiger partial charge in [-0.2, -0.15) is 0 Å². The summed E-state index contributed by atoms with van der Waals surface area (Å²) in [6, 6.07) is 4.43. The van der Waals surface area contributed by atoms with Crippen molar-refractivity contribution in [2.75, 3.05) is 27.2 Å². The van der Waals surface area contributed by atoms with Crippen LogP contribution in [0.25, 0.3) is 0 Å². The summed E-state index contributed by atoms with van der Waals surface area (Å²) in [5, 5.41) is 9.03. The van der Waals surface area contributed by atoms with Gasteiger partial charge in [-0.25, -0.2) is 4.79 Å². The number of hydrogen-bond donors (Lipinski definition) is 1. The highest BCUT2D eigenvalue weighted by Gasteiger charge is 2.28. The number of amides is 2. The van der Waals surface area contributed by atoms with E-state index in [0.29, 0.717) is 11.3 Å². The predicted molar refractivity (Wildman–Crippen MR) is 73.0 cm³/mol. The zero-order valence-corrected chi connectivity index (χ0v) is 11.8. The van der Waals surface area contributed by atoms with Gasteiger partial charge in [-0.15, -0.1) is 0 Å². The Morgan fingerprint density at radius 2 is 2.00 bits per heavy atom. The van der Waals surface area contributed by atoms with Crippen LogP contribution in [0, 0.1) is 0 Å². The van der Waals surface area contributed by atoms with Crippen molar-refractivity contribution in [3.63, 3.8) is 0 Å². The summed E-state index contributed by atoms with van der Waals surface area (Å²) in [6.45, 7) is 0.151. The van der Waals surface area contributed by atoms with E-state index in [9.17, 15) is 14.4 Å². The van der Waals surface area contributed by atoms with Crippen molar-refractivity contribution in [3.8, 4) is 5.75 Å². The fourth-order valence-corrected chi connectivity index (χ4v) is 2.15. The van der Waals surface area contributed by atoms with Crippen molar-refractivity contribution < 1.29 is 24.2 Å². The Morgan fingerprint density at radius 1 is 1.29 bits per heavy atom. The van der Waals surface area contributed by atoms with E-state index in [4.69, 9.17) is 9.84 Å². The lowest BCUT2D eigenvalue weighted by molar-refractivity contribution is -0.149. The highest BCUT2D eigenvalue weighted by Crippen LogP contribution is 2.22. The van der Waals surface area contributed by atoms with E-state index in [2.05, 4.69) is 0 Å². The van der Waals surface area contributed by atoms with Gasteiger partial charge in [0, 0.05) is 19.2 Å². The first-order valence-corrected chi connectivity index (χ1v) is 6.34. The first kappa shape index (κ1) is 14.8. The number of nitrogens with zero attached hydrogens (tertiary/aromatic N) is 2. The molecule has 0 unspecified atom stereocenters. The standard InChI is InChI=1S/C14H16N2O5/c1-15-7-13(18)16(8-12(15)17)6-10-5-9(14(19)20)3-4-11(10)21-2/h3-5H,6-8H2,1-2H3,(H,19,20). The Balaban J connectivity index is 2.25. The first-order chi connectivity index (χ1) is 9.92. The lowest BCUT2D eigenvalue weighted by atomic mass is 10.1. The monoisotopic (exact) mass is 292 g/mol. The molecule has 0 aromatic heterocycles. The molecule has 112 valence electrons. The maximum absolute atomic E-state index is 11.9. The minimum absolute atomic E-state index is 0.0181. The highest BCUT2D eigenvalue weighted by molar-refractivity contribution is 5.92. The van der Waals surface area contributed by atoms with E-state index >= 15 is 0 Å². The van der Waals surface area contributed by atoms with Crippen molar-refractivity contribution in [2.45, 2.75) is 6.54 Å². The van der Waals surface area contributed by atoms with E-state index in [1.165, 1.54) is 29.0 Å². The van der Waals surface area contributed by atoms with E-state index in [0.717, 1.165) is 0 Å². The zero-order valence-electron chi connectivity index (χ0n) is 11.8. The smallest absolute Gasteiger partial charge is 0.335 e. The largest absolute Gasteiger partial charge is 0.496 e. The second kappa shape index (κ2) is 5.82. The number of likely N-dealkylation sites (N-methyl/N-ethyl adjacent to an activating group) is 1. The summed E-state index contributed by atoms with van der Waals surface area (Å²) in [5.41, 5.74) is 0.668. The number of carbonyl (C=O) groups excluding carboxylic acids is 2. The third kappa shape index (κ3) is 3.13. The molecule has 0 saturated carbocycles. The molecule has 0 radical (unpaired) electrons. The maximum Gasteiger partial charge on any atom is 0.335 e. The molecule has 2 rings (SSSR count). The summed E-state index contributed by atoms with van der Waals surface area (Å²) in [5.74, 6) is -0.901. The molecule has 7 nitrogen and oxygen atoms in total. The van der Waals surface area contributed by atoms with E-state index in [-0.39, 0.29) is 37.0 Å². The number of carbonyl (C=O) groups is 3. The molecule has 0 atom stereocenters. The summed E-state index contributed by atoms with van der Waals surface area (Å²) in [7, 11) is 3.04. The molecular formula is C14H16N2O5. The topological polar surface area (TPSA) is 87.2 Å². The van der Waals surface area contributed by atoms with Gasteiger partial charge in [0.15, 0.2) is 0 Å². The van der Waals surface area contributed by atoms with Crippen LogP contribution >= 0.6 is 0 Å². The molecule has 1 saturated heterocycles. The van der Waals surface area contributed by atoms with Crippen LogP contribution in [0.1, 0.15) is 15.9 Å². The average molecular weight is 292 g/mol. The van der Waals surface area contributed by atoms with Gasteiger partial charge in [0.2, 0.25) is 11.8 Å². The van der Waals surface area contributed by atoms with Gasteiger partial charge in [0.25, 0.3) is 0 Å². The van der Waals surface area contributed by atoms with Crippen molar-refractivity contribution >= 4 is 17.8 Å². The quantitative estimate of drug-likeness (QED) is 0.856. The molecule has 1 fully saturated rings. The van der Waals surface area contributed by atoms with Gasteiger partial charge >= 0.3 is 5.97 Å². The zero-order chi connectivity index (χ0) is 15.6. The molecule has 7 heteroatoms. The summed E-state index contributed by atoms with van der Waals surface area (Å²) < 4.78 is 5.18. The molecule has 1 aromatic carbocycles. The molecule has 0 spiro atoms. The van der Waals surface area contributed by atoms with Gasteiger partial charge in [-0.1, -0.05) is 0 Å². The van der Waals surface area contributed by atoms with E-state index in [1.54, 1.807) is 13.1 Å². The normalized spacial score (nSPS) is 15.3. The van der Waals surface area contributed by atoms with E-state index < -0.39 is 5.97 Å². The second-order valence-corrected chi connectivity index (χ2v) is 4.83. The van der Waals surface area contributed by atoms with E-state index in [1.807, 2.05) is 0 Å². The molecule has 1 N–H and O–H groups in total. The number of benzene rings is 1. The van der Waals surface area contributed by atoms with Crippen molar-refractivity contribution in [2.24, 2.45) is 0 Å². The summed E-state index contributed by atoms with van der Waals surface area (Å²) >= 11 is 0. The fraction of sp³-hybridized carbons (Fsp3) is 0.357. The Labute approximate surface area is 121 Å². The van der Waals surface area contributed by atoms with Crippen LogP contribution in [0.15, 0.2) is 18.2 Å². The second-order valence-electron chi connectivity index (χ2n) is 4.83. The average Bonchev–Trinajstić information content (AvgIpc) is 2.44. The number of methoxy groups -OCH3 is 1. The Hall–Kier alpha value is -2.57. The van der Waals surface area contributed by atoms with Gasteiger partial charge in [-0.3, -0.25) is 9.59 Å². The Bertz CT molecular complexity index is 599. The van der Waals surface area contributed by atoms with Crippen molar-refractivity contribution in [3.05, 3.63) is 29.3 Å². The van der Waals surface area contributed by atoms with Gasteiger partial charge in [-0.05, 0) is 18.2 Å². The summed E-state index contributed by atoms with van der Waals surface area (Å²) in [6.07, 6.45) is 0. The maximum atomic E-state index is 11.9. The van der Waals surface area contributed by atoms with Crippen LogP contribution < -0.4 is 4.74 Å². The number of carboxylic acids is 1. The molecular weight excluding hydrogens is 276 g/mol. The highest BCUT2D eigenvalue weighted by atomic mass is 16.5. The Morgan fingerprint density at radius 3 is 2.62 bits per heavy atom.